The molecule has 0 aliphatic carbocycles. The van der Waals surface area contributed by atoms with Gasteiger partial charge in [-0.2, -0.15) is 5.10 Å². The Bertz CT molecular complexity index is 415. The van der Waals surface area contributed by atoms with Crippen LogP contribution in [0.3, 0.4) is 0 Å². The summed E-state index contributed by atoms with van der Waals surface area (Å²) in [7, 11) is 0. The normalized spacial score (nSPS) is 15.7. The van der Waals surface area contributed by atoms with Crippen molar-refractivity contribution in [1.82, 2.24) is 5.43 Å². The molecular weight excluding hydrogens is 314 g/mol. The van der Waals surface area contributed by atoms with Gasteiger partial charge in [-0.1, -0.05) is 34.5 Å². The van der Waals surface area contributed by atoms with Gasteiger partial charge in [-0.15, -0.1) is 12.4 Å². The number of nitrogens with one attached hydrogen (secondary N) is 1. The number of rotatable bonds is 2. The van der Waals surface area contributed by atoms with E-state index >= 15 is 0 Å². The Morgan fingerprint density at radius 1 is 1.17 bits per heavy atom. The molecule has 5 heteroatoms. The molecule has 3 nitrogen and oxygen atoms in total. The SMILES string of the molecule is Brc1ccc(C=NNC2=NCCCCC2)cc1.Cl. The number of nitrogens with zero attached hydrogens (tertiary/aromatic N) is 2. The van der Waals surface area contributed by atoms with Crippen LogP contribution in [0, 0.1) is 0 Å². The fourth-order valence-corrected chi connectivity index (χ4v) is 1.96. The maximum Gasteiger partial charge on any atom is 0.117 e. The number of hydrazone groups is 1. The van der Waals surface area contributed by atoms with E-state index in [0.29, 0.717) is 0 Å². The number of aliphatic imine (C=N–C) groups is 1. The monoisotopic (exact) mass is 329 g/mol. The Hall–Kier alpha value is -0.870. The summed E-state index contributed by atoms with van der Waals surface area (Å²) in [5.41, 5.74) is 4.11. The van der Waals surface area contributed by atoms with E-state index in [0.717, 1.165) is 28.8 Å². The van der Waals surface area contributed by atoms with Gasteiger partial charge in [-0.05, 0) is 30.5 Å². The third-order valence-electron chi connectivity index (χ3n) is 2.65. The Kier molecular flexibility index (Phi) is 6.98. The number of halogens is 2. The summed E-state index contributed by atoms with van der Waals surface area (Å²) < 4.78 is 1.08. The molecule has 1 aliphatic heterocycles. The molecule has 0 radical (unpaired) electrons. The predicted molar refractivity (Wildman–Crippen MR) is 82.9 cm³/mol. The highest BCUT2D eigenvalue weighted by Gasteiger charge is 2.01. The molecule has 1 aromatic rings. The van der Waals surface area contributed by atoms with Crippen LogP contribution in [-0.4, -0.2) is 18.6 Å². The van der Waals surface area contributed by atoms with Gasteiger partial charge in [0, 0.05) is 17.4 Å². The van der Waals surface area contributed by atoms with Crippen LogP contribution < -0.4 is 5.43 Å². The van der Waals surface area contributed by atoms with Crippen LogP contribution in [0.25, 0.3) is 0 Å². The summed E-state index contributed by atoms with van der Waals surface area (Å²) in [4.78, 5) is 4.45. The Morgan fingerprint density at radius 2 is 1.94 bits per heavy atom. The number of benzene rings is 1. The van der Waals surface area contributed by atoms with E-state index in [1.54, 1.807) is 0 Å². The van der Waals surface area contributed by atoms with E-state index in [9.17, 15) is 0 Å². The zero-order chi connectivity index (χ0) is 11.9. The third kappa shape index (κ3) is 5.19. The largest absolute Gasteiger partial charge is 0.271 e. The lowest BCUT2D eigenvalue weighted by Gasteiger charge is -2.01. The van der Waals surface area contributed by atoms with Crippen molar-refractivity contribution in [2.24, 2.45) is 10.1 Å². The molecule has 18 heavy (non-hydrogen) atoms. The maximum atomic E-state index is 4.45. The summed E-state index contributed by atoms with van der Waals surface area (Å²) in [5.74, 6) is 1.01. The average molecular weight is 331 g/mol. The molecule has 1 aliphatic rings. The Labute approximate surface area is 122 Å². The second kappa shape index (κ2) is 8.27. The third-order valence-corrected chi connectivity index (χ3v) is 3.18. The van der Waals surface area contributed by atoms with Crippen molar-refractivity contribution in [3.05, 3.63) is 34.3 Å². The molecule has 0 spiro atoms. The van der Waals surface area contributed by atoms with E-state index in [2.05, 4.69) is 31.4 Å². The average Bonchev–Trinajstić information content (AvgIpc) is 2.60. The molecule has 2 rings (SSSR count). The summed E-state index contributed by atoms with van der Waals surface area (Å²) in [6, 6.07) is 8.05. The van der Waals surface area contributed by atoms with Crippen LogP contribution in [0.1, 0.15) is 31.2 Å². The molecule has 0 aromatic heterocycles. The highest BCUT2D eigenvalue weighted by atomic mass is 79.9. The zero-order valence-electron chi connectivity index (χ0n) is 10.1. The van der Waals surface area contributed by atoms with Gasteiger partial charge in [-0.25, -0.2) is 0 Å². The van der Waals surface area contributed by atoms with E-state index in [-0.39, 0.29) is 12.4 Å². The first kappa shape index (κ1) is 15.2. The first-order valence-electron chi connectivity index (χ1n) is 5.92. The smallest absolute Gasteiger partial charge is 0.117 e. The highest BCUT2D eigenvalue weighted by Crippen LogP contribution is 2.09. The van der Waals surface area contributed by atoms with E-state index in [1.807, 2.05) is 30.5 Å². The van der Waals surface area contributed by atoms with Crippen LogP contribution in [0.15, 0.2) is 38.8 Å². The molecule has 0 unspecified atom stereocenters. The molecular formula is C13H17BrClN3. The molecule has 1 aromatic carbocycles. The lowest BCUT2D eigenvalue weighted by atomic mass is 10.2. The summed E-state index contributed by atoms with van der Waals surface area (Å²) >= 11 is 3.41. The maximum absolute atomic E-state index is 4.45. The minimum Gasteiger partial charge on any atom is -0.271 e. The minimum absolute atomic E-state index is 0. The molecule has 0 amide bonds. The first-order valence-corrected chi connectivity index (χ1v) is 6.72. The number of hydrogen-bond donors (Lipinski definition) is 1. The van der Waals surface area contributed by atoms with Gasteiger partial charge in [0.15, 0.2) is 0 Å². The highest BCUT2D eigenvalue weighted by molar-refractivity contribution is 9.10. The van der Waals surface area contributed by atoms with Crippen molar-refractivity contribution in [3.8, 4) is 0 Å². The van der Waals surface area contributed by atoms with Gasteiger partial charge < -0.3 is 0 Å². The number of hydrogen-bond acceptors (Lipinski definition) is 3. The topological polar surface area (TPSA) is 36.8 Å². The second-order valence-electron chi connectivity index (χ2n) is 4.06. The van der Waals surface area contributed by atoms with Crippen LogP contribution in [0.5, 0.6) is 0 Å². The lowest BCUT2D eigenvalue weighted by Crippen LogP contribution is -2.17. The van der Waals surface area contributed by atoms with Gasteiger partial charge in [0.25, 0.3) is 0 Å². The molecule has 1 N–H and O–H groups in total. The standard InChI is InChI=1S/C13H16BrN3.ClH/c14-12-7-5-11(6-8-12)10-16-17-13-4-2-1-3-9-15-13;/h5-8,10H,1-4,9H2,(H,15,17);1H. The van der Waals surface area contributed by atoms with E-state index in [4.69, 9.17) is 0 Å². The molecule has 98 valence electrons. The predicted octanol–water partition coefficient (Wildman–Crippen LogP) is 3.77. The summed E-state index contributed by atoms with van der Waals surface area (Å²) in [5, 5.41) is 4.22. The van der Waals surface area contributed by atoms with Crippen molar-refractivity contribution in [1.29, 1.82) is 0 Å². The molecule has 0 atom stereocenters. The van der Waals surface area contributed by atoms with Gasteiger partial charge in [0.1, 0.15) is 5.84 Å². The van der Waals surface area contributed by atoms with Crippen LogP contribution >= 0.6 is 28.3 Å². The molecule has 0 fully saturated rings. The fraction of sp³-hybridized carbons (Fsp3) is 0.385. The minimum atomic E-state index is 0. The fourth-order valence-electron chi connectivity index (χ4n) is 1.70. The summed E-state index contributed by atoms with van der Waals surface area (Å²) in [6.07, 6.45) is 6.50. The van der Waals surface area contributed by atoms with Crippen molar-refractivity contribution in [2.75, 3.05) is 6.54 Å². The second-order valence-corrected chi connectivity index (χ2v) is 4.98. The van der Waals surface area contributed by atoms with Crippen LogP contribution in [-0.2, 0) is 0 Å². The van der Waals surface area contributed by atoms with Gasteiger partial charge >= 0.3 is 0 Å². The Balaban J connectivity index is 0.00000162. The van der Waals surface area contributed by atoms with Crippen molar-refractivity contribution < 1.29 is 0 Å². The van der Waals surface area contributed by atoms with Crippen molar-refractivity contribution >= 4 is 40.4 Å². The lowest BCUT2D eigenvalue weighted by molar-refractivity contribution is 0.729. The van der Waals surface area contributed by atoms with Gasteiger partial charge in [0.2, 0.25) is 0 Å². The number of amidine groups is 1. The van der Waals surface area contributed by atoms with E-state index in [1.165, 1.54) is 19.3 Å². The van der Waals surface area contributed by atoms with Crippen LogP contribution in [0.2, 0.25) is 0 Å². The van der Waals surface area contributed by atoms with Crippen LogP contribution in [0.4, 0.5) is 0 Å². The quantitative estimate of drug-likeness (QED) is 0.650. The molecule has 1 heterocycles. The van der Waals surface area contributed by atoms with Gasteiger partial charge in [0.05, 0.1) is 6.21 Å². The first-order chi connectivity index (χ1) is 8.34. The van der Waals surface area contributed by atoms with Crippen molar-refractivity contribution in [3.63, 3.8) is 0 Å². The molecule has 0 saturated carbocycles. The van der Waals surface area contributed by atoms with E-state index < -0.39 is 0 Å². The molecule has 0 bridgehead atoms. The van der Waals surface area contributed by atoms with Crippen molar-refractivity contribution in [2.45, 2.75) is 25.7 Å². The zero-order valence-corrected chi connectivity index (χ0v) is 12.5. The summed E-state index contributed by atoms with van der Waals surface area (Å²) in [6.45, 7) is 0.927. The Morgan fingerprint density at radius 3 is 2.72 bits per heavy atom. The molecule has 0 saturated heterocycles. The van der Waals surface area contributed by atoms with Gasteiger partial charge in [-0.3, -0.25) is 10.4 Å².